The number of rotatable bonds is 4. The number of esters is 1. The second kappa shape index (κ2) is 7.47. The minimum absolute atomic E-state index is 0.174. The molecule has 0 unspecified atom stereocenters. The summed E-state index contributed by atoms with van der Waals surface area (Å²) in [7, 11) is 0. The topological polar surface area (TPSA) is 55.4 Å². The first kappa shape index (κ1) is 16.5. The third-order valence-corrected chi connectivity index (χ3v) is 6.16. The molecule has 0 aliphatic heterocycles. The van der Waals surface area contributed by atoms with Crippen LogP contribution in [0.1, 0.15) is 66.2 Å². The average molecular weight is 335 g/mol. The van der Waals surface area contributed by atoms with Gasteiger partial charge in [0.1, 0.15) is 0 Å². The molecule has 0 radical (unpaired) electrons. The summed E-state index contributed by atoms with van der Waals surface area (Å²) in [6, 6.07) is 0.226. The Morgan fingerprint density at radius 2 is 2.00 bits per heavy atom. The van der Waals surface area contributed by atoms with Crippen molar-refractivity contribution in [3.05, 3.63) is 21.4 Å². The number of carbonyl (C=O) groups excluding carboxylic acids is 2. The van der Waals surface area contributed by atoms with Crippen molar-refractivity contribution in [1.29, 1.82) is 0 Å². The summed E-state index contributed by atoms with van der Waals surface area (Å²) in [5.74, 6) is -0.0234. The molecule has 4 nitrogen and oxygen atoms in total. The number of ether oxygens (including phenoxy) is 1. The highest BCUT2D eigenvalue weighted by molar-refractivity contribution is 7.10. The molecule has 3 rings (SSSR count). The number of hydrogen-bond acceptors (Lipinski definition) is 4. The van der Waals surface area contributed by atoms with Crippen molar-refractivity contribution in [1.82, 2.24) is 5.32 Å². The number of nitrogens with one attached hydrogen (secondary N) is 1. The number of amides is 1. The fourth-order valence-electron chi connectivity index (χ4n) is 3.65. The van der Waals surface area contributed by atoms with Crippen LogP contribution in [-0.2, 0) is 22.4 Å². The van der Waals surface area contributed by atoms with E-state index in [4.69, 9.17) is 4.74 Å². The van der Waals surface area contributed by atoms with E-state index in [1.807, 2.05) is 5.38 Å². The molecule has 1 heterocycles. The quantitative estimate of drug-likeness (QED) is 0.857. The average Bonchev–Trinajstić information content (AvgIpc) is 2.99. The van der Waals surface area contributed by atoms with E-state index in [1.165, 1.54) is 17.7 Å². The molecule has 0 spiro atoms. The molecule has 2 atom stereocenters. The van der Waals surface area contributed by atoms with Crippen LogP contribution in [0, 0.1) is 5.92 Å². The largest absolute Gasteiger partial charge is 0.452 e. The van der Waals surface area contributed by atoms with Crippen LogP contribution in [0.25, 0.3) is 0 Å². The number of fused-ring (bicyclic) bond motifs is 1. The van der Waals surface area contributed by atoms with E-state index in [0.717, 1.165) is 44.1 Å². The first-order chi connectivity index (χ1) is 11.1. The van der Waals surface area contributed by atoms with Crippen LogP contribution in [0.15, 0.2) is 5.38 Å². The van der Waals surface area contributed by atoms with Gasteiger partial charge in [-0.2, -0.15) is 0 Å². The smallest absolute Gasteiger partial charge is 0.339 e. The molecule has 0 saturated heterocycles. The lowest BCUT2D eigenvalue weighted by atomic mass is 9.86. The summed E-state index contributed by atoms with van der Waals surface area (Å²) in [6.45, 7) is 2.00. The van der Waals surface area contributed by atoms with E-state index in [0.29, 0.717) is 11.5 Å². The Hall–Kier alpha value is -1.36. The Labute approximate surface area is 141 Å². The van der Waals surface area contributed by atoms with E-state index in [1.54, 1.807) is 11.3 Å². The highest BCUT2D eigenvalue weighted by Crippen LogP contribution is 2.30. The maximum Gasteiger partial charge on any atom is 0.339 e. The van der Waals surface area contributed by atoms with Crippen molar-refractivity contribution in [2.75, 3.05) is 6.61 Å². The fraction of sp³-hybridized carbons (Fsp3) is 0.667. The maximum atomic E-state index is 12.2. The van der Waals surface area contributed by atoms with E-state index < -0.39 is 0 Å². The van der Waals surface area contributed by atoms with Gasteiger partial charge in [0.05, 0.1) is 5.56 Å². The van der Waals surface area contributed by atoms with Gasteiger partial charge < -0.3 is 10.1 Å². The zero-order valence-electron chi connectivity index (χ0n) is 13.7. The first-order valence-electron chi connectivity index (χ1n) is 8.71. The van der Waals surface area contributed by atoms with Crippen molar-refractivity contribution < 1.29 is 14.3 Å². The zero-order chi connectivity index (χ0) is 16.2. The van der Waals surface area contributed by atoms with Crippen LogP contribution in [0.4, 0.5) is 0 Å². The summed E-state index contributed by atoms with van der Waals surface area (Å²) < 4.78 is 5.25. The molecule has 2 aliphatic rings. The Kier molecular flexibility index (Phi) is 5.36. The van der Waals surface area contributed by atoms with Gasteiger partial charge in [-0.25, -0.2) is 4.79 Å². The Morgan fingerprint density at radius 3 is 2.83 bits per heavy atom. The maximum absolute atomic E-state index is 12.2. The van der Waals surface area contributed by atoms with Crippen molar-refractivity contribution in [3.63, 3.8) is 0 Å². The predicted molar refractivity (Wildman–Crippen MR) is 90.8 cm³/mol. The van der Waals surface area contributed by atoms with Crippen LogP contribution in [0.2, 0.25) is 0 Å². The minimum Gasteiger partial charge on any atom is -0.452 e. The van der Waals surface area contributed by atoms with Gasteiger partial charge in [0.15, 0.2) is 6.61 Å². The molecular formula is C18H25NO3S. The van der Waals surface area contributed by atoms with Crippen molar-refractivity contribution in [3.8, 4) is 0 Å². The van der Waals surface area contributed by atoms with Gasteiger partial charge in [-0.15, -0.1) is 11.3 Å². The molecule has 1 N–H and O–H groups in total. The first-order valence-corrected chi connectivity index (χ1v) is 9.59. The molecule has 1 aromatic rings. The van der Waals surface area contributed by atoms with E-state index in [-0.39, 0.29) is 24.5 Å². The van der Waals surface area contributed by atoms with Crippen LogP contribution in [0.3, 0.4) is 0 Å². The number of carbonyl (C=O) groups is 2. The Bertz CT molecular complexity index is 581. The van der Waals surface area contributed by atoms with Crippen molar-refractivity contribution in [2.24, 2.45) is 5.92 Å². The normalized spacial score (nSPS) is 23.9. The van der Waals surface area contributed by atoms with E-state index >= 15 is 0 Å². The van der Waals surface area contributed by atoms with Gasteiger partial charge in [0.25, 0.3) is 5.91 Å². The summed E-state index contributed by atoms with van der Waals surface area (Å²) in [4.78, 5) is 25.6. The number of aryl methyl sites for hydroxylation is 1. The molecular weight excluding hydrogens is 310 g/mol. The molecule has 1 fully saturated rings. The second-order valence-electron chi connectivity index (χ2n) is 6.77. The minimum atomic E-state index is -0.351. The van der Waals surface area contributed by atoms with Crippen LogP contribution >= 0.6 is 11.3 Å². The van der Waals surface area contributed by atoms with Gasteiger partial charge in [-0.1, -0.05) is 19.8 Å². The zero-order valence-corrected chi connectivity index (χ0v) is 14.5. The molecule has 1 saturated carbocycles. The summed E-state index contributed by atoms with van der Waals surface area (Å²) in [5.41, 5.74) is 1.82. The van der Waals surface area contributed by atoms with Gasteiger partial charge >= 0.3 is 5.97 Å². The molecule has 0 bridgehead atoms. The second-order valence-corrected chi connectivity index (χ2v) is 7.73. The van der Waals surface area contributed by atoms with Crippen LogP contribution < -0.4 is 5.32 Å². The lowest BCUT2D eigenvalue weighted by Crippen LogP contribution is -2.42. The third kappa shape index (κ3) is 3.94. The number of hydrogen-bond donors (Lipinski definition) is 1. The van der Waals surface area contributed by atoms with Crippen LogP contribution in [0.5, 0.6) is 0 Å². The molecule has 1 aromatic heterocycles. The lowest BCUT2D eigenvalue weighted by molar-refractivity contribution is -0.125. The SMILES string of the molecule is C[C@H]1CCCC[C@H]1NC(=O)COC(=O)c1csc2c1CCCC2. The lowest BCUT2D eigenvalue weighted by Gasteiger charge is -2.29. The molecule has 126 valence electrons. The highest BCUT2D eigenvalue weighted by atomic mass is 32.1. The van der Waals surface area contributed by atoms with Crippen LogP contribution in [-0.4, -0.2) is 24.5 Å². The van der Waals surface area contributed by atoms with Gasteiger partial charge in [-0.05, 0) is 50.0 Å². The molecule has 5 heteroatoms. The molecule has 1 amide bonds. The fourth-order valence-corrected chi connectivity index (χ4v) is 4.77. The monoisotopic (exact) mass is 335 g/mol. The van der Waals surface area contributed by atoms with Gasteiger partial charge in [-0.3, -0.25) is 4.79 Å². The van der Waals surface area contributed by atoms with E-state index in [2.05, 4.69) is 12.2 Å². The molecule has 2 aliphatic carbocycles. The molecule has 23 heavy (non-hydrogen) atoms. The van der Waals surface area contributed by atoms with Crippen molar-refractivity contribution in [2.45, 2.75) is 64.3 Å². The third-order valence-electron chi connectivity index (χ3n) is 5.07. The van der Waals surface area contributed by atoms with Gasteiger partial charge in [0, 0.05) is 16.3 Å². The van der Waals surface area contributed by atoms with E-state index in [9.17, 15) is 9.59 Å². The number of thiophene rings is 1. The van der Waals surface area contributed by atoms with Gasteiger partial charge in [0.2, 0.25) is 0 Å². The highest BCUT2D eigenvalue weighted by Gasteiger charge is 2.24. The summed E-state index contributed by atoms with van der Waals surface area (Å²) in [5, 5.41) is 4.91. The summed E-state index contributed by atoms with van der Waals surface area (Å²) >= 11 is 1.64. The summed E-state index contributed by atoms with van der Waals surface area (Å²) in [6.07, 6.45) is 8.93. The standard InChI is InChI=1S/C18H25NO3S/c1-12-6-2-4-8-15(12)19-17(20)10-22-18(21)14-11-23-16-9-5-3-7-13(14)16/h11-12,15H,2-10H2,1H3,(H,19,20)/t12-,15+/m0/s1. The Balaban J connectivity index is 1.50. The Morgan fingerprint density at radius 1 is 1.22 bits per heavy atom. The molecule has 0 aromatic carbocycles. The predicted octanol–water partition coefficient (Wildman–Crippen LogP) is 3.48. The van der Waals surface area contributed by atoms with Crippen molar-refractivity contribution >= 4 is 23.2 Å².